The van der Waals surface area contributed by atoms with Crippen LogP contribution in [0.25, 0.3) is 0 Å². The minimum absolute atomic E-state index is 0.0163. The molecule has 4 heterocycles. The van der Waals surface area contributed by atoms with Gasteiger partial charge in [-0.25, -0.2) is 0 Å². The standard InChI is InChI=1S/C23H35N3O7/c1-3-7-25(9-8-24-11-14-31-15-12-24)21(29)19-23-6-5-16(33-23)17(22(30)32-4-2)18(23)20(28)26(19)10-13-27/h3,16-19,27H,1,4-15H2,2H3/t16-,17+,18+,19-,23+/m1/s1. The summed E-state index contributed by atoms with van der Waals surface area (Å²) in [5, 5.41) is 9.66. The van der Waals surface area contributed by atoms with Crippen molar-refractivity contribution in [1.82, 2.24) is 14.7 Å². The first kappa shape index (κ1) is 24.1. The molecule has 33 heavy (non-hydrogen) atoms. The molecule has 0 aliphatic carbocycles. The third-order valence-corrected chi connectivity index (χ3v) is 7.38. The Labute approximate surface area is 194 Å². The summed E-state index contributed by atoms with van der Waals surface area (Å²) in [6.07, 6.45) is 2.37. The van der Waals surface area contributed by atoms with Gasteiger partial charge in [0.1, 0.15) is 11.6 Å². The lowest BCUT2D eigenvalue weighted by atomic mass is 9.70. The normalized spacial score (nSPS) is 33.3. The van der Waals surface area contributed by atoms with Crippen molar-refractivity contribution in [3.8, 4) is 0 Å². The van der Waals surface area contributed by atoms with Crippen LogP contribution in [0.3, 0.4) is 0 Å². The number of ether oxygens (including phenoxy) is 3. The molecule has 5 atom stereocenters. The van der Waals surface area contributed by atoms with Crippen LogP contribution in [0.15, 0.2) is 12.7 Å². The van der Waals surface area contributed by atoms with Gasteiger partial charge in [0.2, 0.25) is 11.8 Å². The fourth-order valence-electron chi connectivity index (χ4n) is 5.99. The van der Waals surface area contributed by atoms with Crippen molar-refractivity contribution < 1.29 is 33.7 Å². The Kier molecular flexibility index (Phi) is 7.37. The number of hydrogen-bond donors (Lipinski definition) is 1. The van der Waals surface area contributed by atoms with Gasteiger partial charge in [-0.1, -0.05) is 6.08 Å². The molecule has 0 aromatic rings. The van der Waals surface area contributed by atoms with E-state index in [4.69, 9.17) is 14.2 Å². The number of aliphatic hydroxyl groups is 1. The molecule has 0 aromatic heterocycles. The largest absolute Gasteiger partial charge is 0.466 e. The molecule has 2 amide bonds. The molecule has 10 nitrogen and oxygen atoms in total. The Hall–Kier alpha value is -2.01. The highest BCUT2D eigenvalue weighted by Gasteiger charge is 2.75. The maximum absolute atomic E-state index is 13.9. The lowest BCUT2D eigenvalue weighted by molar-refractivity contribution is -0.155. The van der Waals surface area contributed by atoms with Gasteiger partial charge in [0, 0.05) is 39.3 Å². The van der Waals surface area contributed by atoms with E-state index in [1.54, 1.807) is 17.9 Å². The molecule has 1 spiro atoms. The van der Waals surface area contributed by atoms with Crippen LogP contribution in [0.1, 0.15) is 19.8 Å². The molecule has 0 unspecified atom stereocenters. The van der Waals surface area contributed by atoms with Crippen molar-refractivity contribution in [2.24, 2.45) is 11.8 Å². The average molecular weight is 466 g/mol. The van der Waals surface area contributed by atoms with Gasteiger partial charge in [-0.2, -0.15) is 0 Å². The summed E-state index contributed by atoms with van der Waals surface area (Å²) in [5.74, 6) is -2.46. The van der Waals surface area contributed by atoms with E-state index in [-0.39, 0.29) is 31.6 Å². The van der Waals surface area contributed by atoms with Gasteiger partial charge in [-0.3, -0.25) is 19.3 Å². The van der Waals surface area contributed by atoms with Crippen molar-refractivity contribution in [3.63, 3.8) is 0 Å². The van der Waals surface area contributed by atoms with Gasteiger partial charge in [0.15, 0.2) is 0 Å². The number of rotatable bonds is 10. The second-order valence-corrected chi connectivity index (χ2v) is 9.09. The van der Waals surface area contributed by atoms with Crippen LogP contribution in [-0.2, 0) is 28.6 Å². The zero-order valence-corrected chi connectivity index (χ0v) is 19.3. The molecule has 4 fully saturated rings. The molecule has 184 valence electrons. The zero-order chi connectivity index (χ0) is 23.6. The summed E-state index contributed by atoms with van der Waals surface area (Å²) >= 11 is 0. The molecule has 1 N–H and O–H groups in total. The van der Waals surface area contributed by atoms with Crippen LogP contribution in [0.2, 0.25) is 0 Å². The smallest absolute Gasteiger partial charge is 0.312 e. The van der Waals surface area contributed by atoms with Crippen LogP contribution in [0.4, 0.5) is 0 Å². The summed E-state index contributed by atoms with van der Waals surface area (Å²) in [6.45, 7) is 9.96. The number of amides is 2. The fourth-order valence-corrected chi connectivity index (χ4v) is 5.99. The predicted molar refractivity (Wildman–Crippen MR) is 117 cm³/mol. The number of fused-ring (bicyclic) bond motifs is 1. The van der Waals surface area contributed by atoms with Gasteiger partial charge < -0.3 is 29.1 Å². The van der Waals surface area contributed by atoms with Crippen molar-refractivity contribution in [1.29, 1.82) is 0 Å². The highest BCUT2D eigenvalue weighted by Crippen LogP contribution is 2.58. The molecule has 0 saturated carbocycles. The molecular weight excluding hydrogens is 430 g/mol. The number of nitrogens with zero attached hydrogens (tertiary/aromatic N) is 3. The van der Waals surface area contributed by atoms with Gasteiger partial charge in [0.25, 0.3) is 0 Å². The highest BCUT2D eigenvalue weighted by atomic mass is 16.6. The Bertz CT molecular complexity index is 771. The first-order valence-corrected chi connectivity index (χ1v) is 11.9. The Morgan fingerprint density at radius 2 is 2.09 bits per heavy atom. The number of hydrogen-bond acceptors (Lipinski definition) is 8. The molecule has 4 aliphatic heterocycles. The number of carbonyl (C=O) groups is 3. The Morgan fingerprint density at radius 3 is 2.76 bits per heavy atom. The van der Waals surface area contributed by atoms with Crippen LogP contribution in [0, 0.1) is 11.8 Å². The number of likely N-dealkylation sites (tertiary alicyclic amines) is 1. The molecular formula is C23H35N3O7. The minimum Gasteiger partial charge on any atom is -0.466 e. The van der Waals surface area contributed by atoms with E-state index >= 15 is 0 Å². The second kappa shape index (κ2) is 10.1. The Morgan fingerprint density at radius 1 is 1.33 bits per heavy atom. The number of aliphatic hydroxyl groups excluding tert-OH is 1. The summed E-state index contributed by atoms with van der Waals surface area (Å²) in [4.78, 5) is 45.5. The minimum atomic E-state index is -1.07. The molecule has 4 aliphatic rings. The van der Waals surface area contributed by atoms with Gasteiger partial charge in [-0.15, -0.1) is 6.58 Å². The quantitative estimate of drug-likeness (QED) is 0.332. The third-order valence-electron chi connectivity index (χ3n) is 7.38. The first-order chi connectivity index (χ1) is 16.0. The first-order valence-electron chi connectivity index (χ1n) is 11.9. The molecule has 10 heteroatoms. The van der Waals surface area contributed by atoms with Crippen molar-refractivity contribution in [3.05, 3.63) is 12.7 Å². The lowest BCUT2D eigenvalue weighted by Crippen LogP contribution is -2.57. The van der Waals surface area contributed by atoms with Crippen LogP contribution in [0.5, 0.6) is 0 Å². The van der Waals surface area contributed by atoms with E-state index in [0.717, 1.165) is 13.1 Å². The maximum atomic E-state index is 13.9. The highest BCUT2D eigenvalue weighted by molar-refractivity contribution is 5.98. The summed E-state index contributed by atoms with van der Waals surface area (Å²) in [5.41, 5.74) is -1.07. The van der Waals surface area contributed by atoms with E-state index in [1.807, 2.05) is 0 Å². The average Bonchev–Trinajstić information content (AvgIpc) is 3.45. The van der Waals surface area contributed by atoms with Crippen molar-refractivity contribution in [2.45, 2.75) is 37.5 Å². The number of esters is 1. The summed E-state index contributed by atoms with van der Waals surface area (Å²) in [6, 6.07) is -0.879. The van der Waals surface area contributed by atoms with Crippen molar-refractivity contribution >= 4 is 17.8 Å². The van der Waals surface area contributed by atoms with Crippen molar-refractivity contribution in [2.75, 3.05) is 65.7 Å². The monoisotopic (exact) mass is 465 g/mol. The van der Waals surface area contributed by atoms with E-state index in [2.05, 4.69) is 11.5 Å². The topological polar surface area (TPSA) is 109 Å². The Balaban J connectivity index is 1.59. The second-order valence-electron chi connectivity index (χ2n) is 9.09. The van der Waals surface area contributed by atoms with Crippen LogP contribution >= 0.6 is 0 Å². The SMILES string of the molecule is C=CCN(CCN1CCOCC1)C(=O)[C@H]1N(CCO)C(=O)[C@@H]2[C@@H](C(=O)OCC)[C@H]3CC[C@]21O3. The van der Waals surface area contributed by atoms with Crippen LogP contribution < -0.4 is 0 Å². The van der Waals surface area contributed by atoms with Gasteiger partial charge in [-0.05, 0) is 19.8 Å². The fraction of sp³-hybridized carbons (Fsp3) is 0.783. The molecule has 4 saturated heterocycles. The van der Waals surface area contributed by atoms with Gasteiger partial charge in [0.05, 0.1) is 44.4 Å². The predicted octanol–water partition coefficient (Wildman–Crippen LogP) is -0.737. The third kappa shape index (κ3) is 4.18. The summed E-state index contributed by atoms with van der Waals surface area (Å²) < 4.78 is 17.0. The zero-order valence-electron chi connectivity index (χ0n) is 19.3. The van der Waals surface area contributed by atoms with E-state index in [9.17, 15) is 19.5 Å². The molecule has 0 aromatic carbocycles. The molecule has 2 bridgehead atoms. The number of β-amino-alcohol motifs (C(OH)–C–C–N with tert-alkyl or cyclic N) is 1. The van der Waals surface area contributed by atoms with Crippen LogP contribution in [-0.4, -0.2) is 121 Å². The summed E-state index contributed by atoms with van der Waals surface area (Å²) in [7, 11) is 0. The lowest BCUT2D eigenvalue weighted by Gasteiger charge is -2.37. The van der Waals surface area contributed by atoms with Gasteiger partial charge >= 0.3 is 5.97 Å². The molecule has 4 rings (SSSR count). The molecule has 0 radical (unpaired) electrons. The number of morpholine rings is 1. The maximum Gasteiger partial charge on any atom is 0.312 e. The van der Waals surface area contributed by atoms with E-state index < -0.39 is 35.6 Å². The van der Waals surface area contributed by atoms with E-state index in [1.165, 1.54) is 4.90 Å². The number of carbonyl (C=O) groups excluding carboxylic acids is 3. The van der Waals surface area contributed by atoms with E-state index in [0.29, 0.717) is 45.7 Å².